The lowest BCUT2D eigenvalue weighted by molar-refractivity contribution is -0.139. The number of sulfonamides is 1. The Morgan fingerprint density at radius 3 is 2.24 bits per heavy atom. The number of nitrogens with one attached hydrogen (secondary N) is 1. The summed E-state index contributed by atoms with van der Waals surface area (Å²) < 4.78 is 26.4. The Balaban J connectivity index is 2.37. The molecule has 1 unspecified atom stereocenters. The van der Waals surface area contributed by atoms with Gasteiger partial charge in [-0.15, -0.1) is 0 Å². The van der Waals surface area contributed by atoms with Crippen LogP contribution in [0.25, 0.3) is 0 Å². The minimum Gasteiger partial charge on any atom is -0.350 e. The Bertz CT molecular complexity index is 1110. The molecule has 0 heterocycles. The molecule has 0 aliphatic rings. The lowest BCUT2D eigenvalue weighted by atomic mass is 10.1. The van der Waals surface area contributed by atoms with Gasteiger partial charge in [0.15, 0.2) is 0 Å². The molecule has 2 aromatic carbocycles. The highest BCUT2D eigenvalue weighted by atomic mass is 35.5. The number of carbonyl (C=O) groups is 2. The van der Waals surface area contributed by atoms with Crippen molar-refractivity contribution in [2.45, 2.75) is 52.6 Å². The van der Waals surface area contributed by atoms with Gasteiger partial charge in [-0.1, -0.05) is 48.0 Å². The zero-order chi connectivity index (χ0) is 25.7. The van der Waals surface area contributed by atoms with Crippen LogP contribution >= 0.6 is 11.6 Å². The molecule has 0 aliphatic heterocycles. The summed E-state index contributed by atoms with van der Waals surface area (Å²) in [6.45, 7) is 8.76. The quantitative estimate of drug-likeness (QED) is 0.559. The highest BCUT2D eigenvalue weighted by molar-refractivity contribution is 7.92. The minimum atomic E-state index is -3.80. The van der Waals surface area contributed by atoms with E-state index in [1.807, 2.05) is 51.1 Å². The SMILES string of the molecule is Cc1c(Cl)cccc1N(CC(=O)N(CCc1ccccc1)C(C)C(=O)NC(C)(C)C)S(C)(=O)=O. The third kappa shape index (κ3) is 7.74. The molecule has 0 aliphatic carbocycles. The van der Waals surface area contributed by atoms with Crippen molar-refractivity contribution in [2.75, 3.05) is 23.7 Å². The zero-order valence-electron chi connectivity index (χ0n) is 20.6. The van der Waals surface area contributed by atoms with Crippen molar-refractivity contribution in [1.82, 2.24) is 10.2 Å². The predicted octanol–water partition coefficient (Wildman–Crippen LogP) is 3.79. The molecular formula is C25H34ClN3O4S. The number of hydrogen-bond donors (Lipinski definition) is 1. The molecule has 9 heteroatoms. The maximum atomic E-state index is 13.5. The van der Waals surface area contributed by atoms with E-state index in [9.17, 15) is 18.0 Å². The van der Waals surface area contributed by atoms with E-state index in [0.717, 1.165) is 16.1 Å². The van der Waals surface area contributed by atoms with Crippen molar-refractivity contribution in [2.24, 2.45) is 0 Å². The topological polar surface area (TPSA) is 86.8 Å². The fraction of sp³-hybridized carbons (Fsp3) is 0.440. The van der Waals surface area contributed by atoms with Crippen LogP contribution < -0.4 is 9.62 Å². The Kier molecular flexibility index (Phi) is 9.14. The third-order valence-corrected chi connectivity index (χ3v) is 6.87. The maximum absolute atomic E-state index is 13.5. The maximum Gasteiger partial charge on any atom is 0.244 e. The number of hydrogen-bond acceptors (Lipinski definition) is 4. The number of anilines is 1. The van der Waals surface area contributed by atoms with Gasteiger partial charge in [0.25, 0.3) is 0 Å². The molecule has 0 spiro atoms. The second-order valence-electron chi connectivity index (χ2n) is 9.39. The summed E-state index contributed by atoms with van der Waals surface area (Å²) in [5.41, 5.74) is 1.42. The Morgan fingerprint density at radius 1 is 1.06 bits per heavy atom. The highest BCUT2D eigenvalue weighted by Crippen LogP contribution is 2.28. The lowest BCUT2D eigenvalue weighted by Crippen LogP contribution is -2.55. The van der Waals surface area contributed by atoms with Crippen LogP contribution in [0.2, 0.25) is 5.02 Å². The van der Waals surface area contributed by atoms with Crippen molar-refractivity contribution in [3.63, 3.8) is 0 Å². The summed E-state index contributed by atoms with van der Waals surface area (Å²) in [6, 6.07) is 13.7. The Labute approximate surface area is 208 Å². The molecule has 7 nitrogen and oxygen atoms in total. The summed E-state index contributed by atoms with van der Waals surface area (Å²) in [5.74, 6) is -0.781. The van der Waals surface area contributed by atoms with E-state index in [-0.39, 0.29) is 12.5 Å². The molecule has 186 valence electrons. The molecular weight excluding hydrogens is 474 g/mol. The van der Waals surface area contributed by atoms with Gasteiger partial charge in [0.1, 0.15) is 12.6 Å². The van der Waals surface area contributed by atoms with Gasteiger partial charge in [-0.25, -0.2) is 8.42 Å². The van der Waals surface area contributed by atoms with Crippen molar-refractivity contribution in [3.05, 3.63) is 64.7 Å². The average Bonchev–Trinajstić information content (AvgIpc) is 2.73. The normalized spacial score (nSPS) is 12.7. The molecule has 0 fully saturated rings. The lowest BCUT2D eigenvalue weighted by Gasteiger charge is -2.33. The van der Waals surface area contributed by atoms with E-state index >= 15 is 0 Å². The molecule has 0 saturated heterocycles. The number of amides is 2. The molecule has 0 saturated carbocycles. The monoisotopic (exact) mass is 507 g/mol. The molecule has 1 atom stereocenters. The summed E-state index contributed by atoms with van der Waals surface area (Å²) in [4.78, 5) is 27.9. The standard InChI is InChI=1S/C25H34ClN3O4S/c1-18-21(26)13-10-14-22(18)29(34(6,32)33)17-23(30)28(16-15-20-11-8-7-9-12-20)19(2)24(31)27-25(3,4)5/h7-14,19H,15-17H2,1-6H3,(H,27,31). The Morgan fingerprint density at radius 2 is 1.68 bits per heavy atom. The second-order valence-corrected chi connectivity index (χ2v) is 11.7. The predicted molar refractivity (Wildman–Crippen MR) is 138 cm³/mol. The van der Waals surface area contributed by atoms with Gasteiger partial charge in [0.2, 0.25) is 21.8 Å². The minimum absolute atomic E-state index is 0.258. The second kappa shape index (κ2) is 11.2. The van der Waals surface area contributed by atoms with E-state index in [1.165, 1.54) is 4.90 Å². The van der Waals surface area contributed by atoms with Gasteiger partial charge in [-0.05, 0) is 64.3 Å². The largest absolute Gasteiger partial charge is 0.350 e. The van der Waals surface area contributed by atoms with Gasteiger partial charge in [-0.2, -0.15) is 0 Å². The van der Waals surface area contributed by atoms with Gasteiger partial charge in [0.05, 0.1) is 11.9 Å². The van der Waals surface area contributed by atoms with Crippen molar-refractivity contribution < 1.29 is 18.0 Å². The van der Waals surface area contributed by atoms with E-state index in [4.69, 9.17) is 11.6 Å². The van der Waals surface area contributed by atoms with Crippen molar-refractivity contribution in [3.8, 4) is 0 Å². The van der Waals surface area contributed by atoms with Gasteiger partial charge < -0.3 is 10.2 Å². The summed E-state index contributed by atoms with van der Waals surface area (Å²) in [7, 11) is -3.80. The molecule has 34 heavy (non-hydrogen) atoms. The Hall–Kier alpha value is -2.58. The summed E-state index contributed by atoms with van der Waals surface area (Å²) in [5, 5.41) is 3.30. The van der Waals surface area contributed by atoms with Crippen molar-refractivity contribution in [1.29, 1.82) is 0 Å². The van der Waals surface area contributed by atoms with Gasteiger partial charge in [-0.3, -0.25) is 13.9 Å². The summed E-state index contributed by atoms with van der Waals surface area (Å²) in [6.07, 6.45) is 1.57. The number of rotatable bonds is 9. The number of nitrogens with zero attached hydrogens (tertiary/aromatic N) is 2. The van der Waals surface area contributed by atoms with Crippen LogP contribution in [0.3, 0.4) is 0 Å². The first-order valence-corrected chi connectivity index (χ1v) is 13.3. The molecule has 2 rings (SSSR count). The molecule has 0 bridgehead atoms. The third-order valence-electron chi connectivity index (χ3n) is 5.34. The molecule has 0 aromatic heterocycles. The molecule has 1 N–H and O–H groups in total. The van der Waals surface area contributed by atoms with Crippen LogP contribution in [-0.4, -0.2) is 56.1 Å². The number of carbonyl (C=O) groups excluding carboxylic acids is 2. The van der Waals surface area contributed by atoms with Gasteiger partial charge in [0, 0.05) is 17.1 Å². The zero-order valence-corrected chi connectivity index (χ0v) is 22.2. The fourth-order valence-corrected chi connectivity index (χ4v) is 4.57. The van der Waals surface area contributed by atoms with Crippen LogP contribution in [0.1, 0.15) is 38.8 Å². The first-order chi connectivity index (χ1) is 15.7. The number of halogens is 1. The van der Waals surface area contributed by atoms with E-state index in [0.29, 0.717) is 22.7 Å². The summed E-state index contributed by atoms with van der Waals surface area (Å²) >= 11 is 6.21. The van der Waals surface area contributed by atoms with E-state index < -0.39 is 34.1 Å². The van der Waals surface area contributed by atoms with Crippen LogP contribution in [0, 0.1) is 6.92 Å². The van der Waals surface area contributed by atoms with Crippen molar-refractivity contribution >= 4 is 39.1 Å². The molecule has 0 radical (unpaired) electrons. The smallest absolute Gasteiger partial charge is 0.244 e. The fourth-order valence-electron chi connectivity index (χ4n) is 3.51. The average molecular weight is 508 g/mol. The van der Waals surface area contributed by atoms with Crippen LogP contribution in [0.4, 0.5) is 5.69 Å². The molecule has 2 aromatic rings. The number of benzene rings is 2. The first-order valence-electron chi connectivity index (χ1n) is 11.1. The van der Waals surface area contributed by atoms with Crippen LogP contribution in [-0.2, 0) is 26.0 Å². The van der Waals surface area contributed by atoms with E-state index in [2.05, 4.69) is 5.32 Å². The molecule has 2 amide bonds. The van der Waals surface area contributed by atoms with E-state index in [1.54, 1.807) is 32.0 Å². The highest BCUT2D eigenvalue weighted by Gasteiger charge is 2.31. The van der Waals surface area contributed by atoms with Crippen LogP contribution in [0.15, 0.2) is 48.5 Å². The van der Waals surface area contributed by atoms with Crippen LogP contribution in [0.5, 0.6) is 0 Å². The van der Waals surface area contributed by atoms with Gasteiger partial charge >= 0.3 is 0 Å². The first kappa shape index (κ1) is 27.7.